The van der Waals surface area contributed by atoms with E-state index in [1.807, 2.05) is 18.2 Å². The number of hydrogen-bond acceptors (Lipinski definition) is 3. The molecule has 8 rings (SSSR count). The summed E-state index contributed by atoms with van der Waals surface area (Å²) in [6.07, 6.45) is 9.39. The highest BCUT2D eigenvalue weighted by atomic mass is 15.0. The first-order valence-corrected chi connectivity index (χ1v) is 15.6. The predicted octanol–water partition coefficient (Wildman–Crippen LogP) is 10.4. The monoisotopic (exact) mass is 579 g/mol. The molecule has 0 bridgehead atoms. The largest absolute Gasteiger partial charge is 0.212 e. The van der Waals surface area contributed by atoms with Gasteiger partial charge in [0.25, 0.3) is 0 Å². The Balaban J connectivity index is 1.17. The molecule has 0 radical (unpaired) electrons. The minimum Gasteiger partial charge on any atom is -0.212 e. The van der Waals surface area contributed by atoms with Gasteiger partial charge in [0, 0.05) is 22.5 Å². The third kappa shape index (κ3) is 4.91. The van der Waals surface area contributed by atoms with Crippen LogP contribution in [-0.2, 0) is 5.41 Å². The van der Waals surface area contributed by atoms with Crippen molar-refractivity contribution < 1.29 is 0 Å². The number of allylic oxidation sites excluding steroid dienone is 4. The quantitative estimate of drug-likeness (QED) is 0.204. The molecule has 1 atom stereocenters. The molecule has 0 fully saturated rings. The number of rotatable bonds is 5. The lowest BCUT2D eigenvalue weighted by Gasteiger charge is -2.22. The molecule has 0 saturated heterocycles. The summed E-state index contributed by atoms with van der Waals surface area (Å²) in [6, 6.07) is 43.3. The van der Waals surface area contributed by atoms with Gasteiger partial charge in [-0.15, -0.1) is 0 Å². The van der Waals surface area contributed by atoms with Gasteiger partial charge in [0.2, 0.25) is 0 Å². The Bertz CT molecular complexity index is 2120. The lowest BCUT2D eigenvalue weighted by Crippen LogP contribution is -2.14. The highest BCUT2D eigenvalue weighted by Crippen LogP contribution is 2.49. The Morgan fingerprint density at radius 3 is 1.84 bits per heavy atom. The maximum Gasteiger partial charge on any atom is 0.163 e. The standard InChI is InChI=1S/C42H33N3/c1-42(2)37-22-10-9-21-35(37)36-24-23-33(27-38(36)42)31-18-11-17-30(25-31)32-19-12-20-34(26-32)41-44-39(28-13-5-3-6-14-28)43-40(45-41)29-15-7-4-8-16-29/h3-15,17-27,29H,16H2,1-2H3. The predicted molar refractivity (Wildman–Crippen MR) is 185 cm³/mol. The van der Waals surface area contributed by atoms with Crippen LogP contribution in [0.3, 0.4) is 0 Å². The number of fused-ring (bicyclic) bond motifs is 3. The van der Waals surface area contributed by atoms with Gasteiger partial charge in [-0.05, 0) is 69.1 Å². The normalized spacial score (nSPS) is 15.9. The minimum absolute atomic E-state index is 0.0282. The Kier molecular flexibility index (Phi) is 6.60. The summed E-state index contributed by atoms with van der Waals surface area (Å²) in [5.41, 5.74) is 12.1. The summed E-state index contributed by atoms with van der Waals surface area (Å²) >= 11 is 0. The lowest BCUT2D eigenvalue weighted by atomic mass is 9.81. The highest BCUT2D eigenvalue weighted by molar-refractivity contribution is 5.84. The second-order valence-corrected chi connectivity index (χ2v) is 12.5. The van der Waals surface area contributed by atoms with Gasteiger partial charge in [-0.25, -0.2) is 15.0 Å². The summed E-state index contributed by atoms with van der Waals surface area (Å²) in [5, 5.41) is 0. The summed E-state index contributed by atoms with van der Waals surface area (Å²) < 4.78 is 0. The van der Waals surface area contributed by atoms with E-state index in [2.05, 4.69) is 141 Å². The van der Waals surface area contributed by atoms with Crippen molar-refractivity contribution in [1.29, 1.82) is 0 Å². The zero-order valence-electron chi connectivity index (χ0n) is 25.5. The molecule has 5 aromatic carbocycles. The molecule has 0 spiro atoms. The Morgan fingerprint density at radius 2 is 1.11 bits per heavy atom. The molecule has 3 heteroatoms. The maximum absolute atomic E-state index is 5.01. The van der Waals surface area contributed by atoms with Crippen LogP contribution in [0.5, 0.6) is 0 Å². The van der Waals surface area contributed by atoms with Gasteiger partial charge < -0.3 is 0 Å². The summed E-state index contributed by atoms with van der Waals surface area (Å²) in [7, 11) is 0. The molecule has 2 aliphatic rings. The Hall–Kier alpha value is -5.41. The van der Waals surface area contributed by atoms with Crippen LogP contribution in [0, 0.1) is 0 Å². The average Bonchev–Trinajstić information content (AvgIpc) is 3.34. The van der Waals surface area contributed by atoms with Crippen LogP contribution in [0.15, 0.2) is 146 Å². The molecular formula is C42H33N3. The topological polar surface area (TPSA) is 38.7 Å². The fourth-order valence-electron chi connectivity index (χ4n) is 6.78. The Labute approximate surface area is 264 Å². The van der Waals surface area contributed by atoms with Crippen LogP contribution in [0.25, 0.3) is 56.2 Å². The lowest BCUT2D eigenvalue weighted by molar-refractivity contribution is 0.660. The maximum atomic E-state index is 5.01. The summed E-state index contributed by atoms with van der Waals surface area (Å²) in [6.45, 7) is 4.67. The van der Waals surface area contributed by atoms with E-state index in [-0.39, 0.29) is 11.3 Å². The molecule has 1 aromatic heterocycles. The number of hydrogen-bond donors (Lipinski definition) is 0. The van der Waals surface area contributed by atoms with Crippen LogP contribution in [0.2, 0.25) is 0 Å². The van der Waals surface area contributed by atoms with E-state index in [0.717, 1.165) is 34.5 Å². The molecule has 1 heterocycles. The zero-order valence-corrected chi connectivity index (χ0v) is 25.5. The van der Waals surface area contributed by atoms with Crippen LogP contribution in [0.4, 0.5) is 0 Å². The van der Waals surface area contributed by atoms with Crippen molar-refractivity contribution in [1.82, 2.24) is 15.0 Å². The minimum atomic E-state index is -0.0282. The van der Waals surface area contributed by atoms with E-state index in [4.69, 9.17) is 15.0 Å². The molecule has 216 valence electrons. The van der Waals surface area contributed by atoms with Crippen molar-refractivity contribution >= 4 is 0 Å². The van der Waals surface area contributed by atoms with Crippen molar-refractivity contribution in [2.24, 2.45) is 0 Å². The van der Waals surface area contributed by atoms with Gasteiger partial charge in [0.05, 0.1) is 0 Å². The fourth-order valence-corrected chi connectivity index (χ4v) is 6.78. The molecule has 0 aliphatic heterocycles. The molecule has 0 amide bonds. The summed E-state index contributed by atoms with van der Waals surface area (Å²) in [5.74, 6) is 2.32. The second kappa shape index (κ2) is 10.9. The van der Waals surface area contributed by atoms with Crippen molar-refractivity contribution in [3.05, 3.63) is 163 Å². The molecule has 6 aromatic rings. The first-order chi connectivity index (χ1) is 22.0. The molecular weight excluding hydrogens is 546 g/mol. The number of aromatic nitrogens is 3. The van der Waals surface area contributed by atoms with Gasteiger partial charge in [-0.2, -0.15) is 0 Å². The van der Waals surface area contributed by atoms with E-state index in [9.17, 15) is 0 Å². The van der Waals surface area contributed by atoms with Gasteiger partial charge in [-0.3, -0.25) is 0 Å². The van der Waals surface area contributed by atoms with E-state index >= 15 is 0 Å². The smallest absolute Gasteiger partial charge is 0.163 e. The van der Waals surface area contributed by atoms with Gasteiger partial charge in [0.15, 0.2) is 11.6 Å². The third-order valence-corrected chi connectivity index (χ3v) is 9.23. The first kappa shape index (κ1) is 27.2. The molecule has 3 nitrogen and oxygen atoms in total. The van der Waals surface area contributed by atoms with E-state index in [0.29, 0.717) is 11.6 Å². The van der Waals surface area contributed by atoms with Crippen molar-refractivity contribution in [3.8, 4) is 56.2 Å². The van der Waals surface area contributed by atoms with E-state index < -0.39 is 0 Å². The number of benzene rings is 5. The van der Waals surface area contributed by atoms with Crippen LogP contribution in [-0.4, -0.2) is 15.0 Å². The highest BCUT2D eigenvalue weighted by Gasteiger charge is 2.35. The van der Waals surface area contributed by atoms with Crippen LogP contribution >= 0.6 is 0 Å². The third-order valence-electron chi connectivity index (χ3n) is 9.23. The number of nitrogens with zero attached hydrogens (tertiary/aromatic N) is 3. The Morgan fingerprint density at radius 1 is 0.511 bits per heavy atom. The summed E-state index contributed by atoms with van der Waals surface area (Å²) in [4.78, 5) is 14.9. The molecule has 45 heavy (non-hydrogen) atoms. The van der Waals surface area contributed by atoms with Crippen molar-refractivity contribution in [2.75, 3.05) is 0 Å². The van der Waals surface area contributed by atoms with Gasteiger partial charge in [-0.1, -0.05) is 141 Å². The SMILES string of the molecule is CC1(C)c2ccccc2-c2ccc(-c3cccc(-c4cccc(-c5nc(-c6ccccc6)nc(C6C=CC=CC6)n5)c4)c3)cc21. The van der Waals surface area contributed by atoms with E-state index in [1.165, 1.54) is 33.4 Å². The first-order valence-electron chi connectivity index (χ1n) is 15.6. The average molecular weight is 580 g/mol. The van der Waals surface area contributed by atoms with Crippen LogP contribution < -0.4 is 0 Å². The molecule has 0 saturated carbocycles. The van der Waals surface area contributed by atoms with Crippen molar-refractivity contribution in [2.45, 2.75) is 31.6 Å². The van der Waals surface area contributed by atoms with Gasteiger partial charge >= 0.3 is 0 Å². The van der Waals surface area contributed by atoms with Crippen molar-refractivity contribution in [3.63, 3.8) is 0 Å². The molecule has 0 N–H and O–H groups in total. The van der Waals surface area contributed by atoms with Crippen LogP contribution in [0.1, 0.15) is 43.1 Å². The zero-order chi connectivity index (χ0) is 30.4. The van der Waals surface area contributed by atoms with E-state index in [1.54, 1.807) is 0 Å². The second-order valence-electron chi connectivity index (χ2n) is 12.5. The molecule has 2 aliphatic carbocycles. The fraction of sp³-hybridized carbons (Fsp3) is 0.119. The van der Waals surface area contributed by atoms with Gasteiger partial charge in [0.1, 0.15) is 5.82 Å². The molecule has 1 unspecified atom stereocenters.